The van der Waals surface area contributed by atoms with Crippen molar-refractivity contribution in [2.24, 2.45) is 0 Å². The fourth-order valence-corrected chi connectivity index (χ4v) is 6.44. The molecule has 1 aliphatic rings. The number of nitrogens with zero attached hydrogens (tertiary/aromatic N) is 2. The molecule has 0 saturated heterocycles. The van der Waals surface area contributed by atoms with E-state index in [0.29, 0.717) is 5.69 Å². The molecule has 1 atom stereocenters. The molecule has 7 nitrogen and oxygen atoms in total. The zero-order valence-corrected chi connectivity index (χ0v) is 23.7. The lowest BCUT2D eigenvalue weighted by atomic mass is 10.1. The lowest BCUT2D eigenvalue weighted by Crippen LogP contribution is -2.52. The minimum atomic E-state index is -4.06. The van der Waals surface area contributed by atoms with Crippen LogP contribution >= 0.6 is 0 Å². The van der Waals surface area contributed by atoms with E-state index < -0.39 is 28.5 Å². The number of carbonyl (C=O) groups excluding carboxylic acids is 2. The molecule has 1 unspecified atom stereocenters. The van der Waals surface area contributed by atoms with Crippen molar-refractivity contribution in [1.82, 2.24) is 10.2 Å². The van der Waals surface area contributed by atoms with Gasteiger partial charge in [-0.25, -0.2) is 8.42 Å². The van der Waals surface area contributed by atoms with Crippen molar-refractivity contribution in [2.45, 2.75) is 70.0 Å². The second-order valence-electron chi connectivity index (χ2n) is 10.3. The van der Waals surface area contributed by atoms with Gasteiger partial charge in [0.15, 0.2) is 0 Å². The molecule has 0 aromatic heterocycles. The second-order valence-corrected chi connectivity index (χ2v) is 12.2. The van der Waals surface area contributed by atoms with E-state index in [0.717, 1.165) is 46.7 Å². The minimum absolute atomic E-state index is 0.0940. The van der Waals surface area contributed by atoms with Crippen molar-refractivity contribution >= 4 is 27.5 Å². The molecule has 3 aromatic carbocycles. The summed E-state index contributed by atoms with van der Waals surface area (Å²) in [6.07, 6.45) is 4.02. The summed E-state index contributed by atoms with van der Waals surface area (Å²) in [5, 5.41) is 3.10. The zero-order chi connectivity index (χ0) is 28.0. The van der Waals surface area contributed by atoms with E-state index in [-0.39, 0.29) is 23.4 Å². The number of hydrogen-bond acceptors (Lipinski definition) is 4. The van der Waals surface area contributed by atoms with Gasteiger partial charge in [-0.2, -0.15) is 0 Å². The lowest BCUT2D eigenvalue weighted by molar-refractivity contribution is -0.139. The van der Waals surface area contributed by atoms with Gasteiger partial charge in [0.1, 0.15) is 12.6 Å². The fraction of sp³-hybridized carbons (Fsp3) is 0.355. The van der Waals surface area contributed by atoms with E-state index in [4.69, 9.17) is 0 Å². The molecule has 1 fully saturated rings. The Labute approximate surface area is 231 Å². The number of aryl methyl sites for hydroxylation is 2. The molecule has 39 heavy (non-hydrogen) atoms. The molecule has 2 amide bonds. The van der Waals surface area contributed by atoms with Gasteiger partial charge in [-0.15, -0.1) is 0 Å². The van der Waals surface area contributed by atoms with Crippen molar-refractivity contribution in [3.05, 3.63) is 95.6 Å². The number of carbonyl (C=O) groups is 2. The Morgan fingerprint density at radius 1 is 0.897 bits per heavy atom. The maximum Gasteiger partial charge on any atom is 0.264 e. The molecule has 3 aromatic rings. The Balaban J connectivity index is 1.68. The van der Waals surface area contributed by atoms with Crippen LogP contribution < -0.4 is 9.62 Å². The quantitative estimate of drug-likeness (QED) is 0.388. The standard InChI is InChI=1S/C31H37N3O4S/c1-23-11-9-13-26(19-23)21-33(25(3)31(36)32-27-14-7-8-15-27)30(35)22-34(28-16-10-12-24(2)20-28)39(37,38)29-17-5-4-6-18-29/h4-6,9-13,16-20,25,27H,7-8,14-15,21-22H2,1-3H3,(H,32,36). The average molecular weight is 548 g/mol. The first-order valence-electron chi connectivity index (χ1n) is 13.4. The predicted molar refractivity (Wildman–Crippen MR) is 154 cm³/mol. The second kappa shape index (κ2) is 12.5. The largest absolute Gasteiger partial charge is 0.352 e. The average Bonchev–Trinajstić information content (AvgIpc) is 3.43. The van der Waals surface area contributed by atoms with Crippen LogP contribution in [-0.4, -0.2) is 43.8 Å². The topological polar surface area (TPSA) is 86.8 Å². The number of sulfonamides is 1. The molecule has 206 valence electrons. The van der Waals surface area contributed by atoms with Crippen LogP contribution in [-0.2, 0) is 26.2 Å². The number of hydrogen-bond donors (Lipinski definition) is 1. The smallest absolute Gasteiger partial charge is 0.264 e. The van der Waals surface area contributed by atoms with Crippen molar-refractivity contribution in [3.8, 4) is 0 Å². The van der Waals surface area contributed by atoms with E-state index in [2.05, 4.69) is 5.32 Å². The first-order valence-corrected chi connectivity index (χ1v) is 14.9. The van der Waals surface area contributed by atoms with Gasteiger partial charge in [0, 0.05) is 12.6 Å². The molecule has 0 spiro atoms. The summed E-state index contributed by atoms with van der Waals surface area (Å²) in [6, 6.07) is 22.3. The first kappa shape index (κ1) is 28.4. The van der Waals surface area contributed by atoms with Crippen LogP contribution in [0.2, 0.25) is 0 Å². The monoisotopic (exact) mass is 547 g/mol. The molecule has 1 saturated carbocycles. The van der Waals surface area contributed by atoms with E-state index in [1.807, 2.05) is 44.2 Å². The van der Waals surface area contributed by atoms with Crippen LogP contribution in [0.15, 0.2) is 83.8 Å². The summed E-state index contributed by atoms with van der Waals surface area (Å²) >= 11 is 0. The molecule has 1 aliphatic carbocycles. The third-order valence-corrected chi connectivity index (χ3v) is 8.99. The molecule has 0 heterocycles. The molecular weight excluding hydrogens is 510 g/mol. The number of anilines is 1. The predicted octanol–water partition coefficient (Wildman–Crippen LogP) is 4.97. The van der Waals surface area contributed by atoms with Gasteiger partial charge in [-0.1, -0.05) is 73.0 Å². The lowest BCUT2D eigenvalue weighted by Gasteiger charge is -2.32. The number of benzene rings is 3. The highest BCUT2D eigenvalue weighted by Crippen LogP contribution is 2.25. The molecule has 1 N–H and O–H groups in total. The van der Waals surface area contributed by atoms with Crippen molar-refractivity contribution < 1.29 is 18.0 Å². The Bertz CT molecular complexity index is 1400. The Morgan fingerprint density at radius 3 is 2.18 bits per heavy atom. The van der Waals surface area contributed by atoms with E-state index >= 15 is 0 Å². The highest BCUT2D eigenvalue weighted by atomic mass is 32.2. The summed E-state index contributed by atoms with van der Waals surface area (Å²) in [5.74, 6) is -0.678. The summed E-state index contributed by atoms with van der Waals surface area (Å²) in [5.41, 5.74) is 3.17. The Kier molecular flexibility index (Phi) is 9.07. The third-order valence-electron chi connectivity index (χ3n) is 7.20. The molecule has 8 heteroatoms. The van der Waals surface area contributed by atoms with Crippen molar-refractivity contribution in [1.29, 1.82) is 0 Å². The maximum atomic E-state index is 14.0. The summed E-state index contributed by atoms with van der Waals surface area (Å²) in [7, 11) is -4.06. The molecule has 0 radical (unpaired) electrons. The van der Waals surface area contributed by atoms with E-state index in [9.17, 15) is 18.0 Å². The highest BCUT2D eigenvalue weighted by molar-refractivity contribution is 7.92. The Morgan fingerprint density at radius 2 is 1.54 bits per heavy atom. The van der Waals surface area contributed by atoms with Crippen LogP contribution in [0.3, 0.4) is 0 Å². The molecule has 0 aliphatic heterocycles. The Hall–Kier alpha value is -3.65. The van der Waals surface area contributed by atoms with Gasteiger partial charge in [0.05, 0.1) is 10.6 Å². The van der Waals surface area contributed by atoms with Gasteiger partial charge in [-0.3, -0.25) is 13.9 Å². The minimum Gasteiger partial charge on any atom is -0.352 e. The normalized spacial score (nSPS) is 14.5. The van der Waals surface area contributed by atoms with Gasteiger partial charge >= 0.3 is 0 Å². The summed E-state index contributed by atoms with van der Waals surface area (Å²) < 4.78 is 28.8. The first-order chi connectivity index (χ1) is 18.6. The van der Waals surface area contributed by atoms with Crippen LogP contribution in [0.5, 0.6) is 0 Å². The number of nitrogens with one attached hydrogen (secondary N) is 1. The van der Waals surface area contributed by atoms with Crippen molar-refractivity contribution in [2.75, 3.05) is 10.8 Å². The summed E-state index contributed by atoms with van der Waals surface area (Å²) in [6.45, 7) is 5.30. The third kappa shape index (κ3) is 7.06. The van der Waals surface area contributed by atoms with Crippen LogP contribution in [0, 0.1) is 13.8 Å². The summed E-state index contributed by atoms with van der Waals surface area (Å²) in [4.78, 5) is 28.9. The fourth-order valence-electron chi connectivity index (χ4n) is 5.01. The van der Waals surface area contributed by atoms with Gasteiger partial charge in [0.25, 0.3) is 10.0 Å². The molecular formula is C31H37N3O4S. The maximum absolute atomic E-state index is 14.0. The molecule has 4 rings (SSSR count). The number of rotatable bonds is 10. The molecule has 0 bridgehead atoms. The van der Waals surface area contributed by atoms with Crippen LogP contribution in [0.1, 0.15) is 49.3 Å². The van der Waals surface area contributed by atoms with Gasteiger partial charge in [-0.05, 0) is 69.0 Å². The van der Waals surface area contributed by atoms with Crippen LogP contribution in [0.4, 0.5) is 5.69 Å². The van der Waals surface area contributed by atoms with Gasteiger partial charge in [0.2, 0.25) is 11.8 Å². The van der Waals surface area contributed by atoms with Crippen LogP contribution in [0.25, 0.3) is 0 Å². The number of amides is 2. The van der Waals surface area contributed by atoms with Gasteiger partial charge < -0.3 is 10.2 Å². The van der Waals surface area contributed by atoms with Crippen molar-refractivity contribution in [3.63, 3.8) is 0 Å². The van der Waals surface area contributed by atoms with E-state index in [1.54, 1.807) is 43.3 Å². The van der Waals surface area contributed by atoms with E-state index in [1.165, 1.54) is 17.0 Å². The zero-order valence-electron chi connectivity index (χ0n) is 22.8. The SMILES string of the molecule is Cc1cccc(CN(C(=O)CN(c2cccc(C)c2)S(=O)(=O)c2ccccc2)C(C)C(=O)NC2CCCC2)c1. The highest BCUT2D eigenvalue weighted by Gasteiger charge is 2.33.